The van der Waals surface area contributed by atoms with Crippen molar-refractivity contribution in [2.75, 3.05) is 5.43 Å². The van der Waals surface area contributed by atoms with Crippen molar-refractivity contribution in [2.45, 2.75) is 19.3 Å². The van der Waals surface area contributed by atoms with Crippen LogP contribution in [0.5, 0.6) is 0 Å². The summed E-state index contributed by atoms with van der Waals surface area (Å²) in [6, 6.07) is 17.1. The van der Waals surface area contributed by atoms with Gasteiger partial charge in [0.05, 0.1) is 11.9 Å². The molecule has 2 aromatic carbocycles. The molecule has 8 heteroatoms. The van der Waals surface area contributed by atoms with Gasteiger partial charge in [0.15, 0.2) is 5.65 Å². The van der Waals surface area contributed by atoms with Crippen LogP contribution < -0.4 is 11.0 Å². The van der Waals surface area contributed by atoms with E-state index in [1.54, 1.807) is 18.2 Å². The quantitative estimate of drug-likeness (QED) is 0.531. The van der Waals surface area contributed by atoms with E-state index in [-0.39, 0.29) is 11.5 Å². The number of rotatable bonds is 6. The van der Waals surface area contributed by atoms with Gasteiger partial charge in [-0.2, -0.15) is 5.10 Å². The zero-order valence-corrected chi connectivity index (χ0v) is 16.2. The molecule has 0 radical (unpaired) electrons. The second kappa shape index (κ2) is 8.28. The second-order valence-corrected chi connectivity index (χ2v) is 7.00. The zero-order chi connectivity index (χ0) is 20.2. The SMILES string of the molecule is O=C(CCCc1ccccc1)Nn1cnc2c(cnn2-c2cccc(Cl)c2)c1=O. The van der Waals surface area contributed by atoms with Crippen LogP contribution in [-0.4, -0.2) is 25.3 Å². The molecule has 0 saturated heterocycles. The first-order chi connectivity index (χ1) is 14.1. The fourth-order valence-corrected chi connectivity index (χ4v) is 3.26. The van der Waals surface area contributed by atoms with Crippen LogP contribution in [0, 0.1) is 0 Å². The van der Waals surface area contributed by atoms with E-state index in [1.807, 2.05) is 36.4 Å². The van der Waals surface area contributed by atoms with Crippen LogP contribution in [0.25, 0.3) is 16.7 Å². The maximum Gasteiger partial charge on any atom is 0.283 e. The molecule has 29 heavy (non-hydrogen) atoms. The normalized spacial score (nSPS) is 10.9. The van der Waals surface area contributed by atoms with Crippen molar-refractivity contribution >= 4 is 28.5 Å². The standard InChI is InChI=1S/C21H18ClN5O2/c22-16-9-5-10-17(12-16)27-20-18(13-24-27)21(29)26(14-23-20)25-19(28)11-4-8-15-6-2-1-3-7-15/h1-3,5-7,9-10,12-14H,4,8,11H2,(H,25,28). The highest BCUT2D eigenvalue weighted by Gasteiger charge is 2.13. The van der Waals surface area contributed by atoms with E-state index < -0.39 is 0 Å². The van der Waals surface area contributed by atoms with Crippen LogP contribution in [0.4, 0.5) is 0 Å². The van der Waals surface area contributed by atoms with E-state index in [2.05, 4.69) is 15.5 Å². The van der Waals surface area contributed by atoms with Gasteiger partial charge < -0.3 is 0 Å². The molecule has 0 aliphatic rings. The summed E-state index contributed by atoms with van der Waals surface area (Å²) in [4.78, 5) is 29.2. The van der Waals surface area contributed by atoms with Gasteiger partial charge in [-0.1, -0.05) is 48.0 Å². The van der Waals surface area contributed by atoms with Gasteiger partial charge in [0, 0.05) is 11.4 Å². The Bertz CT molecular complexity index is 1220. The predicted molar refractivity (Wildman–Crippen MR) is 112 cm³/mol. The lowest BCUT2D eigenvalue weighted by atomic mass is 10.1. The number of benzene rings is 2. The molecule has 0 aliphatic carbocycles. The van der Waals surface area contributed by atoms with Crippen molar-refractivity contribution in [2.24, 2.45) is 0 Å². The maximum atomic E-state index is 12.7. The molecule has 0 aliphatic heterocycles. The molecule has 0 atom stereocenters. The molecule has 0 bridgehead atoms. The van der Waals surface area contributed by atoms with Crippen molar-refractivity contribution in [1.82, 2.24) is 19.4 Å². The Hall–Kier alpha value is -3.45. The van der Waals surface area contributed by atoms with Crippen molar-refractivity contribution in [3.63, 3.8) is 0 Å². The summed E-state index contributed by atoms with van der Waals surface area (Å²) in [7, 11) is 0. The third-order valence-corrected chi connectivity index (χ3v) is 4.73. The number of carbonyl (C=O) groups is 1. The Morgan fingerprint density at radius 2 is 1.93 bits per heavy atom. The third-order valence-electron chi connectivity index (χ3n) is 4.50. The molecule has 7 nitrogen and oxygen atoms in total. The van der Waals surface area contributed by atoms with E-state index in [0.29, 0.717) is 34.6 Å². The number of hydrogen-bond donors (Lipinski definition) is 1. The Morgan fingerprint density at radius 1 is 1.10 bits per heavy atom. The first kappa shape index (κ1) is 18.9. The van der Waals surface area contributed by atoms with E-state index in [4.69, 9.17) is 11.6 Å². The van der Waals surface area contributed by atoms with Crippen LogP contribution in [0.2, 0.25) is 5.02 Å². The second-order valence-electron chi connectivity index (χ2n) is 6.57. The van der Waals surface area contributed by atoms with Crippen molar-refractivity contribution < 1.29 is 4.79 Å². The molecule has 0 saturated carbocycles. The molecule has 1 amide bonds. The van der Waals surface area contributed by atoms with Crippen LogP contribution in [0.3, 0.4) is 0 Å². The average molecular weight is 408 g/mol. The fourth-order valence-electron chi connectivity index (χ4n) is 3.08. The van der Waals surface area contributed by atoms with Gasteiger partial charge in [-0.05, 0) is 36.6 Å². The summed E-state index contributed by atoms with van der Waals surface area (Å²) in [5.41, 5.74) is 4.47. The van der Waals surface area contributed by atoms with Gasteiger partial charge in [-0.25, -0.2) is 14.3 Å². The zero-order valence-electron chi connectivity index (χ0n) is 15.5. The van der Waals surface area contributed by atoms with Gasteiger partial charge in [0.1, 0.15) is 11.7 Å². The number of hydrogen-bond acceptors (Lipinski definition) is 4. The average Bonchev–Trinajstić information content (AvgIpc) is 3.16. The van der Waals surface area contributed by atoms with E-state index >= 15 is 0 Å². The first-order valence-corrected chi connectivity index (χ1v) is 9.55. The molecule has 4 rings (SSSR count). The summed E-state index contributed by atoms with van der Waals surface area (Å²) in [6.45, 7) is 0. The molecular weight excluding hydrogens is 390 g/mol. The molecule has 0 fully saturated rings. The number of aryl methyl sites for hydroxylation is 1. The number of nitrogens with zero attached hydrogens (tertiary/aromatic N) is 4. The maximum absolute atomic E-state index is 12.7. The summed E-state index contributed by atoms with van der Waals surface area (Å²) in [6.07, 6.45) is 4.52. The van der Waals surface area contributed by atoms with Gasteiger partial charge in [-0.3, -0.25) is 15.0 Å². The number of halogens is 1. The molecule has 0 unspecified atom stereocenters. The number of amides is 1. The Morgan fingerprint density at radius 3 is 2.72 bits per heavy atom. The predicted octanol–water partition coefficient (Wildman–Crippen LogP) is 3.33. The Balaban J connectivity index is 1.48. The summed E-state index contributed by atoms with van der Waals surface area (Å²) in [5.74, 6) is -0.244. The minimum Gasteiger partial charge on any atom is -0.273 e. The largest absolute Gasteiger partial charge is 0.283 e. The summed E-state index contributed by atoms with van der Waals surface area (Å²) in [5, 5.41) is 5.10. The van der Waals surface area contributed by atoms with Crippen molar-refractivity contribution in [3.8, 4) is 5.69 Å². The third kappa shape index (κ3) is 4.20. The van der Waals surface area contributed by atoms with E-state index in [0.717, 1.165) is 11.1 Å². The number of nitrogens with one attached hydrogen (secondary N) is 1. The first-order valence-electron chi connectivity index (χ1n) is 9.17. The lowest BCUT2D eigenvalue weighted by Crippen LogP contribution is -2.33. The van der Waals surface area contributed by atoms with Crippen LogP contribution in [0.15, 0.2) is 71.9 Å². The van der Waals surface area contributed by atoms with Crippen molar-refractivity contribution in [1.29, 1.82) is 0 Å². The lowest BCUT2D eigenvalue weighted by molar-refractivity contribution is -0.117. The smallest absolute Gasteiger partial charge is 0.273 e. The summed E-state index contributed by atoms with van der Waals surface area (Å²) >= 11 is 6.03. The highest BCUT2D eigenvalue weighted by atomic mass is 35.5. The van der Waals surface area contributed by atoms with Gasteiger partial charge in [0.25, 0.3) is 5.56 Å². The van der Waals surface area contributed by atoms with Gasteiger partial charge in [0.2, 0.25) is 5.91 Å². The number of carbonyl (C=O) groups excluding carboxylic acids is 1. The number of fused-ring (bicyclic) bond motifs is 1. The molecule has 2 aromatic heterocycles. The minimum absolute atomic E-state index is 0.244. The van der Waals surface area contributed by atoms with Crippen molar-refractivity contribution in [3.05, 3.63) is 88.1 Å². The van der Waals surface area contributed by atoms with Gasteiger partial charge >= 0.3 is 0 Å². The number of aromatic nitrogens is 4. The van der Waals surface area contributed by atoms with Crippen LogP contribution >= 0.6 is 11.6 Å². The monoisotopic (exact) mass is 407 g/mol. The van der Waals surface area contributed by atoms with Crippen LogP contribution in [0.1, 0.15) is 18.4 Å². The van der Waals surface area contributed by atoms with E-state index in [9.17, 15) is 9.59 Å². The topological polar surface area (TPSA) is 81.8 Å². The molecular formula is C21H18ClN5O2. The van der Waals surface area contributed by atoms with Gasteiger partial charge in [-0.15, -0.1) is 0 Å². The highest BCUT2D eigenvalue weighted by molar-refractivity contribution is 6.30. The fraction of sp³-hybridized carbons (Fsp3) is 0.143. The molecule has 146 valence electrons. The lowest BCUT2D eigenvalue weighted by Gasteiger charge is -2.08. The van der Waals surface area contributed by atoms with Crippen LogP contribution in [-0.2, 0) is 11.2 Å². The van der Waals surface area contributed by atoms with E-state index in [1.165, 1.54) is 22.8 Å². The molecule has 4 aromatic rings. The highest BCUT2D eigenvalue weighted by Crippen LogP contribution is 2.17. The molecule has 2 heterocycles. The molecule has 1 N–H and O–H groups in total. The Kier molecular flexibility index (Phi) is 5.39. The molecule has 0 spiro atoms. The summed E-state index contributed by atoms with van der Waals surface area (Å²) < 4.78 is 2.63. The Labute approximate surface area is 171 Å². The minimum atomic E-state index is -0.389.